The van der Waals surface area contributed by atoms with Crippen molar-refractivity contribution >= 4 is 21.6 Å². The van der Waals surface area contributed by atoms with E-state index in [4.69, 9.17) is 0 Å². The minimum absolute atomic E-state index is 0.274. The molecule has 106 valence electrons. The molecule has 0 aliphatic rings. The molecule has 0 heterocycles. The second-order valence-electron chi connectivity index (χ2n) is 4.62. The molecule has 2 aromatic carbocycles. The Hall–Kier alpha value is -1.49. The highest BCUT2D eigenvalue weighted by Crippen LogP contribution is 2.27. The van der Waals surface area contributed by atoms with Gasteiger partial charge in [-0.1, -0.05) is 6.07 Å². The number of aryl methyl sites for hydroxylation is 1. The molecule has 0 aliphatic heterocycles. The predicted octanol–water partition coefficient (Wildman–Crippen LogP) is 5.35. The Morgan fingerprint density at radius 1 is 1.00 bits per heavy atom. The van der Waals surface area contributed by atoms with Crippen molar-refractivity contribution < 1.29 is 13.2 Å². The number of anilines is 1. The Morgan fingerprint density at radius 2 is 1.70 bits per heavy atom. The lowest BCUT2D eigenvalue weighted by atomic mass is 10.1. The molecule has 1 unspecified atom stereocenters. The van der Waals surface area contributed by atoms with Crippen LogP contribution in [0.1, 0.15) is 24.1 Å². The van der Waals surface area contributed by atoms with E-state index in [1.807, 2.05) is 6.92 Å². The van der Waals surface area contributed by atoms with Crippen molar-refractivity contribution in [2.24, 2.45) is 0 Å². The van der Waals surface area contributed by atoms with Crippen molar-refractivity contribution in [1.82, 2.24) is 0 Å². The molecule has 0 bridgehead atoms. The van der Waals surface area contributed by atoms with Crippen LogP contribution in [0.3, 0.4) is 0 Å². The van der Waals surface area contributed by atoms with Crippen molar-refractivity contribution in [3.8, 4) is 0 Å². The van der Waals surface area contributed by atoms with Gasteiger partial charge in [-0.2, -0.15) is 0 Å². The lowest BCUT2D eigenvalue weighted by Gasteiger charge is -2.18. The third-order valence-electron chi connectivity index (χ3n) is 3.08. The summed E-state index contributed by atoms with van der Waals surface area (Å²) >= 11 is 3.11. The van der Waals surface area contributed by atoms with E-state index in [-0.39, 0.29) is 11.9 Å². The van der Waals surface area contributed by atoms with Gasteiger partial charge in [0.2, 0.25) is 0 Å². The second-order valence-corrected chi connectivity index (χ2v) is 5.48. The average Bonchev–Trinajstić information content (AvgIpc) is 2.39. The Labute approximate surface area is 123 Å². The molecule has 5 heteroatoms. The smallest absolute Gasteiger partial charge is 0.159 e. The molecule has 0 saturated carbocycles. The van der Waals surface area contributed by atoms with Crippen LogP contribution in [-0.2, 0) is 0 Å². The molecule has 1 nitrogen and oxygen atoms in total. The molecule has 0 aliphatic carbocycles. The number of benzene rings is 2. The van der Waals surface area contributed by atoms with Gasteiger partial charge < -0.3 is 5.32 Å². The summed E-state index contributed by atoms with van der Waals surface area (Å²) in [4.78, 5) is 0. The maximum absolute atomic E-state index is 13.5. The quantitative estimate of drug-likeness (QED) is 0.792. The summed E-state index contributed by atoms with van der Waals surface area (Å²) in [6.45, 7) is 3.64. The average molecular weight is 344 g/mol. The monoisotopic (exact) mass is 343 g/mol. The third-order valence-corrected chi connectivity index (χ3v) is 3.69. The molecule has 2 aromatic rings. The summed E-state index contributed by atoms with van der Waals surface area (Å²) in [5.41, 5.74) is 2.06. The Balaban J connectivity index is 2.25. The first kappa shape index (κ1) is 14.9. The zero-order chi connectivity index (χ0) is 14.9. The molecule has 2 rings (SSSR count). The zero-order valence-corrected chi connectivity index (χ0v) is 12.6. The van der Waals surface area contributed by atoms with E-state index in [1.165, 1.54) is 12.1 Å². The van der Waals surface area contributed by atoms with Gasteiger partial charge >= 0.3 is 0 Å². The Kier molecular flexibility index (Phi) is 4.38. The second kappa shape index (κ2) is 5.87. The van der Waals surface area contributed by atoms with Crippen LogP contribution in [0.15, 0.2) is 34.8 Å². The first-order valence-corrected chi connectivity index (χ1v) is 6.85. The number of rotatable bonds is 3. The van der Waals surface area contributed by atoms with E-state index < -0.39 is 11.6 Å². The SMILES string of the molecule is Cc1cc(Br)c(F)cc1NC(C)c1ccc(F)c(F)c1. The highest BCUT2D eigenvalue weighted by atomic mass is 79.9. The van der Waals surface area contributed by atoms with Crippen LogP contribution >= 0.6 is 15.9 Å². The van der Waals surface area contributed by atoms with E-state index in [9.17, 15) is 13.2 Å². The largest absolute Gasteiger partial charge is 0.378 e. The first-order chi connectivity index (χ1) is 9.38. The van der Waals surface area contributed by atoms with Crippen LogP contribution in [0.25, 0.3) is 0 Å². The molecule has 0 radical (unpaired) electrons. The van der Waals surface area contributed by atoms with Gasteiger partial charge in [0.1, 0.15) is 5.82 Å². The van der Waals surface area contributed by atoms with E-state index in [0.29, 0.717) is 15.7 Å². The fourth-order valence-corrected chi connectivity index (χ4v) is 2.36. The highest BCUT2D eigenvalue weighted by Gasteiger charge is 2.12. The van der Waals surface area contributed by atoms with E-state index in [0.717, 1.165) is 17.7 Å². The van der Waals surface area contributed by atoms with Gasteiger partial charge in [-0.15, -0.1) is 0 Å². The molecule has 0 fully saturated rings. The summed E-state index contributed by atoms with van der Waals surface area (Å²) in [5, 5.41) is 3.09. The molecular formula is C15H13BrF3N. The molecule has 1 atom stereocenters. The van der Waals surface area contributed by atoms with Crippen molar-refractivity contribution in [3.05, 3.63) is 63.4 Å². The molecule has 0 saturated heterocycles. The summed E-state index contributed by atoms with van der Waals surface area (Å²) in [7, 11) is 0. The third kappa shape index (κ3) is 3.15. The summed E-state index contributed by atoms with van der Waals surface area (Å²) in [6.07, 6.45) is 0. The van der Waals surface area contributed by atoms with Gasteiger partial charge in [-0.05, 0) is 65.2 Å². The van der Waals surface area contributed by atoms with Gasteiger partial charge in [-0.25, -0.2) is 13.2 Å². The highest BCUT2D eigenvalue weighted by molar-refractivity contribution is 9.10. The van der Waals surface area contributed by atoms with Crippen molar-refractivity contribution in [2.75, 3.05) is 5.32 Å². The number of halogens is 4. The topological polar surface area (TPSA) is 12.0 Å². The lowest BCUT2D eigenvalue weighted by molar-refractivity contribution is 0.506. The summed E-state index contributed by atoms with van der Waals surface area (Å²) in [5.74, 6) is -2.16. The minimum Gasteiger partial charge on any atom is -0.378 e. The van der Waals surface area contributed by atoms with E-state index in [1.54, 1.807) is 13.0 Å². The Bertz CT molecular complexity index is 643. The minimum atomic E-state index is -0.894. The standard InChI is InChI=1S/C15H13BrF3N/c1-8-5-11(16)13(18)7-15(8)20-9(2)10-3-4-12(17)14(19)6-10/h3-7,9,20H,1-2H3. The van der Waals surface area contributed by atoms with Crippen molar-refractivity contribution in [1.29, 1.82) is 0 Å². The molecule has 0 aromatic heterocycles. The molecule has 20 heavy (non-hydrogen) atoms. The van der Waals surface area contributed by atoms with Crippen LogP contribution in [0.4, 0.5) is 18.9 Å². The molecule has 0 amide bonds. The Morgan fingerprint density at radius 3 is 2.35 bits per heavy atom. The van der Waals surface area contributed by atoms with Crippen LogP contribution in [-0.4, -0.2) is 0 Å². The fraction of sp³-hybridized carbons (Fsp3) is 0.200. The van der Waals surface area contributed by atoms with Crippen LogP contribution in [0.5, 0.6) is 0 Å². The van der Waals surface area contributed by atoms with Gasteiger partial charge in [0.05, 0.1) is 4.47 Å². The van der Waals surface area contributed by atoms with Crippen LogP contribution in [0, 0.1) is 24.4 Å². The van der Waals surface area contributed by atoms with E-state index in [2.05, 4.69) is 21.2 Å². The maximum atomic E-state index is 13.5. The molecular weight excluding hydrogens is 331 g/mol. The molecule has 0 spiro atoms. The van der Waals surface area contributed by atoms with Crippen LogP contribution in [0.2, 0.25) is 0 Å². The number of nitrogens with one attached hydrogen (secondary N) is 1. The van der Waals surface area contributed by atoms with Crippen LogP contribution < -0.4 is 5.32 Å². The predicted molar refractivity (Wildman–Crippen MR) is 77.2 cm³/mol. The maximum Gasteiger partial charge on any atom is 0.159 e. The number of hydrogen-bond acceptors (Lipinski definition) is 1. The van der Waals surface area contributed by atoms with Crippen molar-refractivity contribution in [3.63, 3.8) is 0 Å². The normalized spacial score (nSPS) is 12.3. The van der Waals surface area contributed by atoms with Gasteiger partial charge in [0.15, 0.2) is 11.6 Å². The van der Waals surface area contributed by atoms with Gasteiger partial charge in [0.25, 0.3) is 0 Å². The first-order valence-electron chi connectivity index (χ1n) is 6.05. The zero-order valence-electron chi connectivity index (χ0n) is 11.0. The summed E-state index contributed by atoms with van der Waals surface area (Å²) in [6, 6.07) is 6.48. The summed E-state index contributed by atoms with van der Waals surface area (Å²) < 4.78 is 40.0. The molecule has 1 N–H and O–H groups in total. The van der Waals surface area contributed by atoms with Crippen molar-refractivity contribution in [2.45, 2.75) is 19.9 Å². The van der Waals surface area contributed by atoms with Gasteiger partial charge in [0, 0.05) is 11.7 Å². The lowest BCUT2D eigenvalue weighted by Crippen LogP contribution is -2.08. The van der Waals surface area contributed by atoms with E-state index >= 15 is 0 Å². The number of hydrogen-bond donors (Lipinski definition) is 1. The fourth-order valence-electron chi connectivity index (χ4n) is 1.90. The van der Waals surface area contributed by atoms with Gasteiger partial charge in [-0.3, -0.25) is 0 Å².